The SMILES string of the molecule is CCNC(=O)Nc1cc(-c2nc(CF)cs2)c(-c2cncc(-c3nnc(C)o3)c2)cn1. The number of pyridine rings is 2. The standard InChI is InChI=1S/C20H18FN7O2S/c1-3-23-20(29)26-17-5-15(19-25-14(6-21)10-31-19)16(9-24-17)12-4-13(8-22-7-12)18-28-27-11(2)30-18/h4-5,7-10H,3,6H2,1-2H3,(H2,23,24,26,29). The molecule has 0 spiro atoms. The van der Waals surface area contributed by atoms with E-state index in [1.807, 2.05) is 13.0 Å². The number of nitrogens with one attached hydrogen (secondary N) is 2. The van der Waals surface area contributed by atoms with Crippen molar-refractivity contribution in [2.24, 2.45) is 0 Å². The summed E-state index contributed by atoms with van der Waals surface area (Å²) < 4.78 is 18.6. The van der Waals surface area contributed by atoms with Crippen LogP contribution in [0.4, 0.5) is 15.0 Å². The Morgan fingerprint density at radius 1 is 1.16 bits per heavy atom. The average molecular weight is 439 g/mol. The fourth-order valence-electron chi connectivity index (χ4n) is 2.86. The van der Waals surface area contributed by atoms with Crippen molar-refractivity contribution < 1.29 is 13.6 Å². The Hall–Kier alpha value is -3.73. The Bertz CT molecular complexity index is 1220. The van der Waals surface area contributed by atoms with Crippen LogP contribution in [-0.4, -0.2) is 37.7 Å². The molecule has 31 heavy (non-hydrogen) atoms. The third kappa shape index (κ3) is 4.56. The van der Waals surface area contributed by atoms with Crippen molar-refractivity contribution in [3.8, 4) is 33.2 Å². The lowest BCUT2D eigenvalue weighted by Gasteiger charge is -2.11. The van der Waals surface area contributed by atoms with Gasteiger partial charge in [-0.3, -0.25) is 10.3 Å². The lowest BCUT2D eigenvalue weighted by atomic mass is 10.0. The van der Waals surface area contributed by atoms with Crippen molar-refractivity contribution in [1.29, 1.82) is 0 Å². The van der Waals surface area contributed by atoms with Crippen molar-refractivity contribution in [1.82, 2.24) is 30.5 Å². The molecule has 0 aliphatic carbocycles. The van der Waals surface area contributed by atoms with E-state index in [9.17, 15) is 9.18 Å². The Morgan fingerprint density at radius 3 is 2.71 bits per heavy atom. The van der Waals surface area contributed by atoms with Gasteiger partial charge in [-0.1, -0.05) is 0 Å². The van der Waals surface area contributed by atoms with E-state index in [4.69, 9.17) is 4.42 Å². The third-order valence-corrected chi connectivity index (χ3v) is 5.15. The smallest absolute Gasteiger partial charge is 0.320 e. The minimum absolute atomic E-state index is 0.342. The van der Waals surface area contributed by atoms with Gasteiger partial charge in [-0.2, -0.15) is 0 Å². The van der Waals surface area contributed by atoms with Gasteiger partial charge in [-0.15, -0.1) is 21.5 Å². The summed E-state index contributed by atoms with van der Waals surface area (Å²) >= 11 is 1.31. The van der Waals surface area contributed by atoms with Crippen molar-refractivity contribution in [2.75, 3.05) is 11.9 Å². The van der Waals surface area contributed by atoms with Gasteiger partial charge >= 0.3 is 6.03 Å². The second-order valence-electron chi connectivity index (χ2n) is 6.47. The Kier molecular flexibility index (Phi) is 5.94. The number of alkyl halides is 1. The van der Waals surface area contributed by atoms with Crippen LogP contribution in [0.1, 0.15) is 18.5 Å². The summed E-state index contributed by atoms with van der Waals surface area (Å²) in [7, 11) is 0. The molecule has 4 aromatic heterocycles. The number of anilines is 1. The van der Waals surface area contributed by atoms with Crippen molar-refractivity contribution in [3.05, 3.63) is 47.7 Å². The molecule has 158 valence electrons. The minimum atomic E-state index is -0.658. The zero-order valence-electron chi connectivity index (χ0n) is 16.7. The summed E-state index contributed by atoms with van der Waals surface area (Å²) in [6.45, 7) is 3.35. The van der Waals surface area contributed by atoms with Gasteiger partial charge < -0.3 is 9.73 Å². The number of carbonyl (C=O) groups excluding carboxylic acids is 1. The molecule has 11 heteroatoms. The van der Waals surface area contributed by atoms with Crippen LogP contribution in [0, 0.1) is 6.92 Å². The second-order valence-corrected chi connectivity index (χ2v) is 7.32. The monoisotopic (exact) mass is 439 g/mol. The summed E-state index contributed by atoms with van der Waals surface area (Å²) in [6.07, 6.45) is 4.92. The van der Waals surface area contributed by atoms with Gasteiger partial charge in [0, 0.05) is 54.1 Å². The molecule has 4 rings (SSSR count). The van der Waals surface area contributed by atoms with Crippen LogP contribution >= 0.6 is 11.3 Å². The van der Waals surface area contributed by atoms with Gasteiger partial charge in [0.15, 0.2) is 0 Å². The zero-order chi connectivity index (χ0) is 21.8. The van der Waals surface area contributed by atoms with Crippen LogP contribution in [0.25, 0.3) is 33.2 Å². The average Bonchev–Trinajstić information content (AvgIpc) is 3.43. The molecule has 2 N–H and O–H groups in total. The first-order chi connectivity index (χ1) is 15.1. The van der Waals surface area contributed by atoms with E-state index in [0.29, 0.717) is 51.5 Å². The first-order valence-corrected chi connectivity index (χ1v) is 10.3. The number of aryl methyl sites for hydroxylation is 1. The summed E-state index contributed by atoms with van der Waals surface area (Å²) in [5.41, 5.74) is 3.13. The number of thiazole rings is 1. The number of urea groups is 1. The number of nitrogens with zero attached hydrogens (tertiary/aromatic N) is 5. The Labute approximate surface area is 180 Å². The number of aromatic nitrogens is 5. The molecule has 0 saturated carbocycles. The fraction of sp³-hybridized carbons (Fsp3) is 0.200. The molecular weight excluding hydrogens is 421 g/mol. The van der Waals surface area contributed by atoms with Crippen LogP contribution in [0.15, 0.2) is 40.5 Å². The summed E-state index contributed by atoms with van der Waals surface area (Å²) in [6, 6.07) is 3.18. The molecule has 0 atom stereocenters. The highest BCUT2D eigenvalue weighted by molar-refractivity contribution is 7.13. The second kappa shape index (κ2) is 8.96. The minimum Gasteiger partial charge on any atom is -0.421 e. The molecule has 2 amide bonds. The van der Waals surface area contributed by atoms with E-state index in [1.165, 1.54) is 11.3 Å². The van der Waals surface area contributed by atoms with Gasteiger partial charge in [0.25, 0.3) is 0 Å². The largest absolute Gasteiger partial charge is 0.421 e. The predicted octanol–water partition coefficient (Wildman–Crippen LogP) is 4.24. The van der Waals surface area contributed by atoms with E-state index < -0.39 is 6.67 Å². The summed E-state index contributed by atoms with van der Waals surface area (Å²) in [4.78, 5) is 24.9. The maximum Gasteiger partial charge on any atom is 0.320 e. The van der Waals surface area contributed by atoms with Gasteiger partial charge in [0.05, 0.1) is 11.3 Å². The van der Waals surface area contributed by atoms with Crippen LogP contribution in [0.2, 0.25) is 0 Å². The van der Waals surface area contributed by atoms with Crippen LogP contribution in [-0.2, 0) is 6.67 Å². The molecule has 0 aliphatic rings. The number of rotatable bonds is 6. The van der Waals surface area contributed by atoms with Crippen LogP contribution < -0.4 is 10.6 Å². The van der Waals surface area contributed by atoms with Crippen LogP contribution in [0.3, 0.4) is 0 Å². The Morgan fingerprint density at radius 2 is 2.00 bits per heavy atom. The Balaban J connectivity index is 1.78. The first-order valence-electron chi connectivity index (χ1n) is 9.39. The molecule has 4 heterocycles. The molecule has 0 radical (unpaired) electrons. The first kappa shape index (κ1) is 20.5. The van der Waals surface area contributed by atoms with E-state index in [1.54, 1.807) is 37.0 Å². The normalized spacial score (nSPS) is 10.8. The quantitative estimate of drug-likeness (QED) is 0.461. The third-order valence-electron chi connectivity index (χ3n) is 4.22. The molecule has 9 nitrogen and oxygen atoms in total. The number of halogens is 1. The summed E-state index contributed by atoms with van der Waals surface area (Å²) in [5.74, 6) is 1.15. The van der Waals surface area contributed by atoms with E-state index in [2.05, 4.69) is 35.8 Å². The summed E-state index contributed by atoms with van der Waals surface area (Å²) in [5, 5.41) is 15.5. The highest BCUT2D eigenvalue weighted by Crippen LogP contribution is 2.36. The van der Waals surface area contributed by atoms with Crippen LogP contribution in [0.5, 0.6) is 0 Å². The van der Waals surface area contributed by atoms with Gasteiger partial charge in [-0.25, -0.2) is 19.2 Å². The van der Waals surface area contributed by atoms with Gasteiger partial charge in [0.1, 0.15) is 17.5 Å². The molecule has 0 aliphatic heterocycles. The van der Waals surface area contributed by atoms with E-state index in [-0.39, 0.29) is 6.03 Å². The van der Waals surface area contributed by atoms with Crippen molar-refractivity contribution >= 4 is 23.2 Å². The van der Waals surface area contributed by atoms with E-state index in [0.717, 1.165) is 5.56 Å². The number of hydrogen-bond acceptors (Lipinski definition) is 8. The molecule has 4 aromatic rings. The molecule has 0 aromatic carbocycles. The molecule has 0 bridgehead atoms. The highest BCUT2D eigenvalue weighted by atomic mass is 32.1. The molecule has 0 unspecified atom stereocenters. The lowest BCUT2D eigenvalue weighted by molar-refractivity contribution is 0.252. The predicted molar refractivity (Wildman–Crippen MR) is 114 cm³/mol. The number of amides is 2. The molecule has 0 fully saturated rings. The van der Waals surface area contributed by atoms with Crippen molar-refractivity contribution in [3.63, 3.8) is 0 Å². The number of hydrogen-bond donors (Lipinski definition) is 2. The molecular formula is C20H18FN7O2S. The zero-order valence-corrected chi connectivity index (χ0v) is 17.5. The van der Waals surface area contributed by atoms with E-state index >= 15 is 0 Å². The maximum absolute atomic E-state index is 13.1. The van der Waals surface area contributed by atoms with Crippen molar-refractivity contribution in [2.45, 2.75) is 20.5 Å². The maximum atomic E-state index is 13.1. The molecule has 0 saturated heterocycles. The van der Waals surface area contributed by atoms with Gasteiger partial charge in [0.2, 0.25) is 11.8 Å². The highest BCUT2D eigenvalue weighted by Gasteiger charge is 2.16. The van der Waals surface area contributed by atoms with Gasteiger partial charge in [-0.05, 0) is 19.1 Å². The topological polar surface area (TPSA) is 119 Å². The number of carbonyl (C=O) groups is 1. The fourth-order valence-corrected chi connectivity index (χ4v) is 3.69. The lowest BCUT2D eigenvalue weighted by Crippen LogP contribution is -2.28.